The summed E-state index contributed by atoms with van der Waals surface area (Å²) in [5.41, 5.74) is 0.385. The molecule has 0 saturated heterocycles. The summed E-state index contributed by atoms with van der Waals surface area (Å²) in [6.45, 7) is 3.41. The van der Waals surface area contributed by atoms with Gasteiger partial charge in [-0.25, -0.2) is 0 Å². The van der Waals surface area contributed by atoms with Gasteiger partial charge in [-0.05, 0) is 19.4 Å². The molecule has 0 aromatic heterocycles. The summed E-state index contributed by atoms with van der Waals surface area (Å²) < 4.78 is 27.3. The maximum Gasteiger partial charge on any atom is 0.326 e. The van der Waals surface area contributed by atoms with E-state index in [0.717, 1.165) is 4.31 Å². The van der Waals surface area contributed by atoms with E-state index in [1.165, 1.54) is 7.05 Å². The van der Waals surface area contributed by atoms with Crippen LogP contribution in [0, 0.1) is 0 Å². The van der Waals surface area contributed by atoms with Crippen molar-refractivity contribution in [2.75, 3.05) is 7.05 Å². The third-order valence-electron chi connectivity index (χ3n) is 2.75. The van der Waals surface area contributed by atoms with E-state index in [4.69, 9.17) is 5.11 Å². The number of carboxylic acid groups (broad SMARTS) is 1. The maximum absolute atomic E-state index is 12.0. The third-order valence-corrected chi connectivity index (χ3v) is 4.47. The fraction of sp³-hybridized carbons (Fsp3) is 0.417. The van der Waals surface area contributed by atoms with Crippen LogP contribution in [0.25, 0.3) is 0 Å². The molecule has 6 nitrogen and oxygen atoms in total. The van der Waals surface area contributed by atoms with Crippen molar-refractivity contribution in [3.8, 4) is 0 Å². The van der Waals surface area contributed by atoms with E-state index in [-0.39, 0.29) is 6.04 Å². The maximum atomic E-state index is 12.0. The lowest BCUT2D eigenvalue weighted by Gasteiger charge is -2.24. The van der Waals surface area contributed by atoms with E-state index in [0.29, 0.717) is 5.56 Å². The Morgan fingerprint density at radius 1 is 1.26 bits per heavy atom. The number of aliphatic carboxylic acids is 1. The van der Waals surface area contributed by atoms with Crippen molar-refractivity contribution in [3.63, 3.8) is 0 Å². The molecule has 0 saturated carbocycles. The number of hydrogen-bond donors (Lipinski definition) is 2. The molecule has 0 bridgehead atoms. The molecule has 1 atom stereocenters. The second-order valence-corrected chi connectivity index (χ2v) is 6.18. The van der Waals surface area contributed by atoms with E-state index in [1.807, 2.05) is 0 Å². The molecule has 1 aromatic carbocycles. The number of carboxylic acids is 1. The number of hydrogen-bond acceptors (Lipinski definition) is 3. The van der Waals surface area contributed by atoms with Crippen molar-refractivity contribution >= 4 is 16.2 Å². The molecule has 0 spiro atoms. The van der Waals surface area contributed by atoms with Crippen LogP contribution in [0.15, 0.2) is 30.3 Å². The van der Waals surface area contributed by atoms with Gasteiger partial charge in [-0.15, -0.1) is 0 Å². The smallest absolute Gasteiger partial charge is 0.326 e. The van der Waals surface area contributed by atoms with E-state index in [2.05, 4.69) is 4.72 Å². The Kier molecular flexibility index (Phi) is 5.04. The summed E-state index contributed by atoms with van der Waals surface area (Å²) in [5.74, 6) is -1.24. The average molecular weight is 286 g/mol. The Balaban J connectivity index is 3.02. The lowest BCUT2D eigenvalue weighted by molar-refractivity contribution is -0.139. The van der Waals surface area contributed by atoms with Gasteiger partial charge in [-0.2, -0.15) is 17.4 Å². The van der Waals surface area contributed by atoms with E-state index in [1.54, 1.807) is 44.2 Å². The summed E-state index contributed by atoms with van der Waals surface area (Å²) in [7, 11) is -2.45. The summed E-state index contributed by atoms with van der Waals surface area (Å²) >= 11 is 0. The van der Waals surface area contributed by atoms with Gasteiger partial charge >= 0.3 is 5.97 Å². The van der Waals surface area contributed by atoms with Crippen LogP contribution < -0.4 is 4.72 Å². The second kappa shape index (κ2) is 6.14. The molecule has 0 fully saturated rings. The van der Waals surface area contributed by atoms with Crippen molar-refractivity contribution in [1.82, 2.24) is 9.03 Å². The first-order valence-electron chi connectivity index (χ1n) is 5.78. The Morgan fingerprint density at radius 2 is 1.79 bits per heavy atom. The molecule has 0 amide bonds. The van der Waals surface area contributed by atoms with Gasteiger partial charge in [-0.1, -0.05) is 30.3 Å². The van der Waals surface area contributed by atoms with Crippen molar-refractivity contribution < 1.29 is 18.3 Å². The lowest BCUT2D eigenvalue weighted by atomic mass is 10.1. The zero-order chi connectivity index (χ0) is 14.6. The molecule has 1 rings (SSSR count). The number of rotatable bonds is 6. The van der Waals surface area contributed by atoms with Crippen molar-refractivity contribution in [2.24, 2.45) is 0 Å². The highest BCUT2D eigenvalue weighted by Gasteiger charge is 2.29. The van der Waals surface area contributed by atoms with Crippen molar-refractivity contribution in [1.29, 1.82) is 0 Å². The van der Waals surface area contributed by atoms with Crippen LogP contribution in [0.5, 0.6) is 0 Å². The van der Waals surface area contributed by atoms with E-state index in [9.17, 15) is 13.2 Å². The highest BCUT2D eigenvalue weighted by Crippen LogP contribution is 2.15. The van der Waals surface area contributed by atoms with Crippen molar-refractivity contribution in [3.05, 3.63) is 35.9 Å². The highest BCUT2D eigenvalue weighted by atomic mass is 32.2. The first kappa shape index (κ1) is 15.6. The molecule has 0 aliphatic carbocycles. The Hall–Kier alpha value is -1.44. The predicted molar refractivity (Wildman–Crippen MR) is 71.8 cm³/mol. The van der Waals surface area contributed by atoms with E-state index < -0.39 is 22.2 Å². The van der Waals surface area contributed by atoms with Gasteiger partial charge in [0.2, 0.25) is 0 Å². The lowest BCUT2D eigenvalue weighted by Crippen LogP contribution is -2.45. The van der Waals surface area contributed by atoms with Gasteiger partial charge in [-0.3, -0.25) is 4.79 Å². The third kappa shape index (κ3) is 4.02. The molecule has 0 radical (unpaired) electrons. The Labute approximate surface area is 113 Å². The molecule has 0 aliphatic rings. The van der Waals surface area contributed by atoms with Crippen LogP contribution in [-0.4, -0.2) is 36.9 Å². The fourth-order valence-corrected chi connectivity index (χ4v) is 2.67. The molecular weight excluding hydrogens is 268 g/mol. The number of nitrogens with zero attached hydrogens (tertiary/aromatic N) is 1. The molecule has 0 aliphatic heterocycles. The SMILES string of the molecule is CC(C)N(C)S(=O)(=O)N[C@H](C(=O)O)c1ccccc1. The standard InChI is InChI=1S/C12H18N2O4S/c1-9(2)14(3)19(17,18)13-11(12(15)16)10-7-5-4-6-8-10/h4-9,11,13H,1-3H3,(H,15,16)/t11-/m0/s1. The summed E-state index contributed by atoms with van der Waals surface area (Å²) in [6, 6.07) is 6.62. The van der Waals surface area contributed by atoms with Gasteiger partial charge in [0.05, 0.1) is 0 Å². The number of benzene rings is 1. The van der Waals surface area contributed by atoms with Crippen molar-refractivity contribution in [2.45, 2.75) is 25.9 Å². The minimum Gasteiger partial charge on any atom is -0.480 e. The first-order valence-corrected chi connectivity index (χ1v) is 7.22. The summed E-state index contributed by atoms with van der Waals surface area (Å²) in [5, 5.41) is 9.16. The van der Waals surface area contributed by atoms with Gasteiger partial charge in [0.15, 0.2) is 0 Å². The summed E-state index contributed by atoms with van der Waals surface area (Å²) in [4.78, 5) is 11.2. The van der Waals surface area contributed by atoms with Gasteiger partial charge in [0, 0.05) is 13.1 Å². The summed E-state index contributed by atoms with van der Waals surface area (Å²) in [6.07, 6.45) is 0. The van der Waals surface area contributed by atoms with Crippen LogP contribution in [0.1, 0.15) is 25.5 Å². The molecule has 106 valence electrons. The molecular formula is C12H18N2O4S. The van der Waals surface area contributed by atoms with E-state index >= 15 is 0 Å². The zero-order valence-electron chi connectivity index (χ0n) is 11.1. The Morgan fingerprint density at radius 3 is 2.21 bits per heavy atom. The van der Waals surface area contributed by atoms with Gasteiger partial charge < -0.3 is 5.11 Å². The largest absolute Gasteiger partial charge is 0.480 e. The zero-order valence-corrected chi connectivity index (χ0v) is 11.9. The van der Waals surface area contributed by atoms with Crippen LogP contribution in [0.3, 0.4) is 0 Å². The molecule has 0 unspecified atom stereocenters. The van der Waals surface area contributed by atoms with Gasteiger partial charge in [0.1, 0.15) is 6.04 Å². The molecule has 7 heteroatoms. The molecule has 0 heterocycles. The second-order valence-electron chi connectivity index (χ2n) is 4.41. The van der Waals surface area contributed by atoms with Crippen LogP contribution in [0.2, 0.25) is 0 Å². The monoisotopic (exact) mass is 286 g/mol. The quantitative estimate of drug-likeness (QED) is 0.816. The van der Waals surface area contributed by atoms with Crippen LogP contribution in [0.4, 0.5) is 0 Å². The highest BCUT2D eigenvalue weighted by molar-refractivity contribution is 7.87. The molecule has 2 N–H and O–H groups in total. The number of nitrogens with one attached hydrogen (secondary N) is 1. The topological polar surface area (TPSA) is 86.7 Å². The predicted octanol–water partition coefficient (Wildman–Crippen LogP) is 0.987. The van der Waals surface area contributed by atoms with Crippen LogP contribution in [-0.2, 0) is 15.0 Å². The minimum atomic E-state index is -3.85. The average Bonchev–Trinajstić information content (AvgIpc) is 2.35. The number of carbonyl (C=O) groups is 1. The van der Waals surface area contributed by atoms with Gasteiger partial charge in [0.25, 0.3) is 10.2 Å². The molecule has 19 heavy (non-hydrogen) atoms. The minimum absolute atomic E-state index is 0.261. The Bertz CT molecular complexity index is 528. The van der Waals surface area contributed by atoms with Crippen LogP contribution >= 0.6 is 0 Å². The normalized spacial score (nSPS) is 13.7. The molecule has 1 aromatic rings. The fourth-order valence-electron chi connectivity index (χ4n) is 1.42. The first-order chi connectivity index (χ1) is 8.75.